The molecule has 1 aliphatic heterocycles. The maximum absolute atomic E-state index is 12.8. The van der Waals surface area contributed by atoms with Crippen LogP contribution in [0.15, 0.2) is 29.2 Å². The average Bonchev–Trinajstić information content (AvgIpc) is 2.83. The normalized spacial score (nSPS) is 24.1. The third kappa shape index (κ3) is 2.88. The molecule has 0 radical (unpaired) electrons. The van der Waals surface area contributed by atoms with Gasteiger partial charge in [-0.05, 0) is 32.4 Å². The summed E-state index contributed by atoms with van der Waals surface area (Å²) in [5.74, 6) is 0. The Kier molecular flexibility index (Phi) is 4.80. The van der Waals surface area contributed by atoms with E-state index in [0.717, 1.165) is 5.56 Å². The van der Waals surface area contributed by atoms with Crippen LogP contribution in [-0.2, 0) is 19.5 Å². The Morgan fingerprint density at radius 1 is 1.30 bits per heavy atom. The maximum atomic E-state index is 12.8. The molecule has 0 aromatic heterocycles. The zero-order valence-corrected chi connectivity index (χ0v) is 12.9. The Balaban J connectivity index is 2.36. The number of rotatable bonds is 5. The van der Waals surface area contributed by atoms with Crippen LogP contribution in [0.1, 0.15) is 25.8 Å². The Bertz CT molecular complexity index is 541. The molecule has 1 aromatic rings. The molecule has 2 rings (SSSR count). The van der Waals surface area contributed by atoms with Crippen LogP contribution in [0, 0.1) is 6.92 Å². The Morgan fingerprint density at radius 3 is 2.50 bits per heavy atom. The van der Waals surface area contributed by atoms with Gasteiger partial charge in [0.1, 0.15) is 0 Å². The molecule has 0 aliphatic carbocycles. The van der Waals surface area contributed by atoms with Gasteiger partial charge in [0, 0.05) is 6.61 Å². The van der Waals surface area contributed by atoms with Crippen LogP contribution in [-0.4, -0.2) is 38.4 Å². The minimum atomic E-state index is -3.60. The van der Waals surface area contributed by atoms with Crippen molar-refractivity contribution < 1.29 is 17.9 Å². The third-order valence-corrected chi connectivity index (χ3v) is 5.27. The Morgan fingerprint density at radius 2 is 1.95 bits per heavy atom. The van der Waals surface area contributed by atoms with Crippen molar-refractivity contribution in [2.75, 3.05) is 13.2 Å². The van der Waals surface area contributed by atoms with E-state index in [1.165, 1.54) is 4.31 Å². The predicted molar refractivity (Wildman–Crippen MR) is 75.6 cm³/mol. The molecule has 0 amide bonds. The second kappa shape index (κ2) is 6.22. The number of hydrogen-bond acceptors (Lipinski definition) is 4. The Hall–Kier alpha value is -0.950. The molecular weight excluding hydrogens is 278 g/mol. The lowest BCUT2D eigenvalue weighted by atomic mass is 10.2. The number of hydrogen-bond donors (Lipinski definition) is 0. The molecule has 0 unspecified atom stereocenters. The highest BCUT2D eigenvalue weighted by molar-refractivity contribution is 7.89. The fraction of sp³-hybridized carbons (Fsp3) is 0.571. The van der Waals surface area contributed by atoms with Crippen molar-refractivity contribution in [3.8, 4) is 0 Å². The van der Waals surface area contributed by atoms with Crippen LogP contribution in [0.2, 0.25) is 0 Å². The highest BCUT2D eigenvalue weighted by Crippen LogP contribution is 2.28. The summed E-state index contributed by atoms with van der Waals surface area (Å²) in [5, 5.41) is 0. The van der Waals surface area contributed by atoms with E-state index >= 15 is 0 Å². The van der Waals surface area contributed by atoms with E-state index in [9.17, 15) is 8.42 Å². The monoisotopic (exact) mass is 299 g/mol. The number of benzene rings is 1. The number of aryl methyl sites for hydroxylation is 1. The van der Waals surface area contributed by atoms with E-state index in [1.54, 1.807) is 24.3 Å². The molecule has 0 spiro atoms. The van der Waals surface area contributed by atoms with Gasteiger partial charge in [0.15, 0.2) is 0 Å². The zero-order valence-electron chi connectivity index (χ0n) is 12.1. The van der Waals surface area contributed by atoms with Gasteiger partial charge in [-0.1, -0.05) is 24.6 Å². The van der Waals surface area contributed by atoms with E-state index in [4.69, 9.17) is 9.47 Å². The van der Waals surface area contributed by atoms with Gasteiger partial charge in [-0.15, -0.1) is 4.31 Å². The van der Waals surface area contributed by atoms with E-state index in [0.29, 0.717) is 19.6 Å². The summed E-state index contributed by atoms with van der Waals surface area (Å²) in [5.41, 5.74) is 1.02. The molecule has 0 N–H and O–H groups in total. The first-order valence-corrected chi connectivity index (χ1v) is 8.28. The maximum Gasteiger partial charge on any atom is 0.247 e. The van der Waals surface area contributed by atoms with E-state index in [-0.39, 0.29) is 10.9 Å². The van der Waals surface area contributed by atoms with Gasteiger partial charge >= 0.3 is 0 Å². The van der Waals surface area contributed by atoms with Gasteiger partial charge in [0.2, 0.25) is 16.4 Å². The first kappa shape index (κ1) is 15.4. The van der Waals surface area contributed by atoms with Crippen LogP contribution < -0.4 is 0 Å². The van der Waals surface area contributed by atoms with Crippen molar-refractivity contribution in [2.24, 2.45) is 0 Å². The molecule has 6 heteroatoms. The number of nitrogens with zero attached hydrogens (tertiary/aromatic N) is 1. The lowest BCUT2D eigenvalue weighted by molar-refractivity contribution is -0.149. The molecule has 1 aliphatic rings. The fourth-order valence-electron chi connectivity index (χ4n) is 2.22. The lowest BCUT2D eigenvalue weighted by Gasteiger charge is -2.26. The summed E-state index contributed by atoms with van der Waals surface area (Å²) in [6.07, 6.45) is -0.134. The van der Waals surface area contributed by atoms with Crippen molar-refractivity contribution in [2.45, 2.75) is 44.5 Å². The zero-order chi connectivity index (χ0) is 14.8. The second-order valence-corrected chi connectivity index (χ2v) is 6.65. The standard InChI is InChI=1S/C14H21NO4S/c1-4-12-10-19-14(18-5-2)15(12)20(16,17)13-8-6-11(3)7-9-13/h6-9,12,14H,4-5,10H2,1-3H3/t12-,14+/m1/s1. The van der Waals surface area contributed by atoms with Gasteiger partial charge in [-0.3, -0.25) is 0 Å². The van der Waals surface area contributed by atoms with Crippen LogP contribution in [0.4, 0.5) is 0 Å². The molecule has 112 valence electrons. The molecule has 5 nitrogen and oxygen atoms in total. The van der Waals surface area contributed by atoms with Gasteiger partial charge in [0.25, 0.3) is 0 Å². The SMILES string of the molecule is CCO[C@H]1OC[C@@H](CC)N1S(=O)(=O)c1ccc(C)cc1. The molecule has 1 fully saturated rings. The molecule has 0 saturated carbocycles. The van der Waals surface area contributed by atoms with Gasteiger partial charge in [-0.25, -0.2) is 8.42 Å². The van der Waals surface area contributed by atoms with E-state index < -0.39 is 16.4 Å². The molecule has 1 heterocycles. The summed E-state index contributed by atoms with van der Waals surface area (Å²) >= 11 is 0. The first-order valence-electron chi connectivity index (χ1n) is 6.84. The molecule has 1 aromatic carbocycles. The van der Waals surface area contributed by atoms with Crippen molar-refractivity contribution in [1.29, 1.82) is 0 Å². The number of ether oxygens (including phenoxy) is 2. The average molecular weight is 299 g/mol. The summed E-state index contributed by atoms with van der Waals surface area (Å²) in [4.78, 5) is 0.275. The lowest BCUT2D eigenvalue weighted by Crippen LogP contribution is -2.42. The van der Waals surface area contributed by atoms with Crippen LogP contribution >= 0.6 is 0 Å². The summed E-state index contributed by atoms with van der Waals surface area (Å²) in [7, 11) is -3.60. The largest absolute Gasteiger partial charge is 0.339 e. The van der Waals surface area contributed by atoms with Gasteiger partial charge in [0.05, 0.1) is 17.5 Å². The molecular formula is C14H21NO4S. The number of sulfonamides is 1. The van der Waals surface area contributed by atoms with Crippen molar-refractivity contribution in [3.05, 3.63) is 29.8 Å². The van der Waals surface area contributed by atoms with Crippen molar-refractivity contribution >= 4 is 10.0 Å². The summed E-state index contributed by atoms with van der Waals surface area (Å²) in [6.45, 7) is 6.46. The fourth-order valence-corrected chi connectivity index (χ4v) is 3.89. The van der Waals surface area contributed by atoms with Gasteiger partial charge < -0.3 is 9.47 Å². The highest BCUT2D eigenvalue weighted by atomic mass is 32.2. The van der Waals surface area contributed by atoms with Crippen molar-refractivity contribution in [1.82, 2.24) is 4.31 Å². The van der Waals surface area contributed by atoms with Crippen LogP contribution in [0.5, 0.6) is 0 Å². The molecule has 2 atom stereocenters. The molecule has 1 saturated heterocycles. The van der Waals surface area contributed by atoms with Crippen LogP contribution in [0.3, 0.4) is 0 Å². The summed E-state index contributed by atoms with van der Waals surface area (Å²) < 4.78 is 37.7. The summed E-state index contributed by atoms with van der Waals surface area (Å²) in [6, 6.07) is 6.65. The molecule has 0 bridgehead atoms. The Labute approximate surface area is 120 Å². The minimum Gasteiger partial charge on any atom is -0.339 e. The smallest absolute Gasteiger partial charge is 0.247 e. The van der Waals surface area contributed by atoms with Crippen molar-refractivity contribution in [3.63, 3.8) is 0 Å². The van der Waals surface area contributed by atoms with E-state index in [1.807, 2.05) is 20.8 Å². The predicted octanol–water partition coefficient (Wildman–Crippen LogP) is 2.11. The van der Waals surface area contributed by atoms with Crippen LogP contribution in [0.25, 0.3) is 0 Å². The van der Waals surface area contributed by atoms with E-state index in [2.05, 4.69) is 0 Å². The third-order valence-electron chi connectivity index (χ3n) is 3.38. The minimum absolute atomic E-state index is 0.183. The topological polar surface area (TPSA) is 55.8 Å². The first-order chi connectivity index (χ1) is 9.50. The highest BCUT2D eigenvalue weighted by Gasteiger charge is 2.43. The second-order valence-electron chi connectivity index (χ2n) is 4.81. The quantitative estimate of drug-likeness (QED) is 0.835. The van der Waals surface area contributed by atoms with Gasteiger partial charge in [-0.2, -0.15) is 0 Å². The molecule has 20 heavy (non-hydrogen) atoms.